The number of fused-ring (bicyclic) bond motifs is 1. The van der Waals surface area contributed by atoms with Gasteiger partial charge in [0.25, 0.3) is 0 Å². The van der Waals surface area contributed by atoms with Gasteiger partial charge in [0.2, 0.25) is 6.41 Å². The van der Waals surface area contributed by atoms with Crippen molar-refractivity contribution in [2.75, 3.05) is 0 Å². The number of amides is 1. The lowest BCUT2D eigenvalue weighted by atomic mass is 9.99. The Hall–Kier alpha value is -4.71. The summed E-state index contributed by atoms with van der Waals surface area (Å²) in [6.45, 7) is 7.21. The van der Waals surface area contributed by atoms with Gasteiger partial charge in [0.15, 0.2) is 0 Å². The molecule has 202 valence electrons. The van der Waals surface area contributed by atoms with Crippen molar-refractivity contribution in [3.8, 4) is 11.1 Å². The monoisotopic (exact) mass is 534 g/mol. The summed E-state index contributed by atoms with van der Waals surface area (Å²) >= 11 is 0. The number of benzene rings is 4. The first kappa shape index (κ1) is 26.9. The molecule has 0 bridgehead atoms. The molecule has 0 aliphatic heterocycles. The van der Waals surface area contributed by atoms with Crippen molar-refractivity contribution in [2.45, 2.75) is 39.9 Å². The maximum absolute atomic E-state index is 13.7. The van der Waals surface area contributed by atoms with E-state index in [-0.39, 0.29) is 17.4 Å². The van der Waals surface area contributed by atoms with Gasteiger partial charge in [-0.25, -0.2) is 9.18 Å². The Balaban J connectivity index is 1.39. The van der Waals surface area contributed by atoms with E-state index in [9.17, 15) is 19.1 Å². The van der Waals surface area contributed by atoms with Crippen molar-refractivity contribution < 1.29 is 19.1 Å². The highest BCUT2D eigenvalue weighted by molar-refractivity contribution is 5.96. The summed E-state index contributed by atoms with van der Waals surface area (Å²) in [6, 6.07) is 27.4. The molecule has 4 aromatic carbocycles. The van der Waals surface area contributed by atoms with Crippen molar-refractivity contribution in [1.82, 2.24) is 9.47 Å². The van der Waals surface area contributed by atoms with E-state index in [2.05, 4.69) is 30.5 Å². The molecule has 5 aromatic rings. The molecule has 1 N–H and O–H groups in total. The van der Waals surface area contributed by atoms with Crippen LogP contribution < -0.4 is 0 Å². The highest BCUT2D eigenvalue weighted by atomic mass is 19.1. The fourth-order valence-electron chi connectivity index (χ4n) is 5.33. The molecule has 5 nitrogen and oxygen atoms in total. The molecule has 6 heteroatoms. The van der Waals surface area contributed by atoms with Gasteiger partial charge in [-0.1, -0.05) is 60.7 Å². The van der Waals surface area contributed by atoms with E-state index >= 15 is 0 Å². The second kappa shape index (κ2) is 11.2. The molecule has 0 spiro atoms. The molecule has 0 aliphatic carbocycles. The third-order valence-corrected chi connectivity index (χ3v) is 7.80. The lowest BCUT2D eigenvalue weighted by molar-refractivity contribution is -0.120. The zero-order chi connectivity index (χ0) is 28.4. The van der Waals surface area contributed by atoms with E-state index in [1.807, 2.05) is 55.5 Å². The smallest absolute Gasteiger partial charge is 0.336 e. The number of hydrogen-bond acceptors (Lipinski definition) is 2. The van der Waals surface area contributed by atoms with Gasteiger partial charge in [0.05, 0.1) is 11.6 Å². The molecule has 0 saturated carbocycles. The van der Waals surface area contributed by atoms with E-state index < -0.39 is 5.97 Å². The molecular weight excluding hydrogens is 503 g/mol. The fourth-order valence-corrected chi connectivity index (χ4v) is 5.33. The van der Waals surface area contributed by atoms with Crippen LogP contribution in [0.4, 0.5) is 4.39 Å². The standard InChI is InChI=1S/C34H31FN2O3/c1-22-23(2)37(20-25-11-14-27(15-12-25)30-9-4-5-10-31(30)34(39)40)33-16-13-26(17-32(22)33)19-36(21-38)24(3)28-7-6-8-29(35)18-28/h4-18,21,24H,19-20H2,1-3H3,(H,39,40). The van der Waals surface area contributed by atoms with Crippen LogP contribution in [0.2, 0.25) is 0 Å². The van der Waals surface area contributed by atoms with Crippen LogP contribution in [0.5, 0.6) is 0 Å². The highest BCUT2D eigenvalue weighted by Gasteiger charge is 2.17. The van der Waals surface area contributed by atoms with Gasteiger partial charge in [-0.2, -0.15) is 0 Å². The van der Waals surface area contributed by atoms with Crippen molar-refractivity contribution >= 4 is 23.3 Å². The van der Waals surface area contributed by atoms with Gasteiger partial charge in [-0.15, -0.1) is 0 Å². The maximum Gasteiger partial charge on any atom is 0.336 e. The van der Waals surface area contributed by atoms with Gasteiger partial charge in [0.1, 0.15) is 5.82 Å². The second-order valence-corrected chi connectivity index (χ2v) is 10.2. The molecule has 1 unspecified atom stereocenters. The molecule has 0 fully saturated rings. The molecular formula is C34H31FN2O3. The number of carboxylic acid groups (broad SMARTS) is 1. The van der Waals surface area contributed by atoms with Gasteiger partial charge < -0.3 is 14.6 Å². The number of hydrogen-bond donors (Lipinski definition) is 1. The Morgan fingerprint density at radius 2 is 1.68 bits per heavy atom. The number of carbonyl (C=O) groups is 2. The fraction of sp³-hybridized carbons (Fsp3) is 0.176. The molecule has 1 heterocycles. The molecule has 1 amide bonds. The minimum absolute atomic E-state index is 0.262. The van der Waals surface area contributed by atoms with E-state index in [4.69, 9.17) is 0 Å². The normalized spacial score (nSPS) is 11.9. The second-order valence-electron chi connectivity index (χ2n) is 10.2. The summed E-state index contributed by atoms with van der Waals surface area (Å²) < 4.78 is 16.0. The van der Waals surface area contributed by atoms with Crippen LogP contribution in [0.15, 0.2) is 91.0 Å². The lowest BCUT2D eigenvalue weighted by Crippen LogP contribution is -2.25. The van der Waals surface area contributed by atoms with Crippen molar-refractivity contribution in [1.29, 1.82) is 0 Å². The number of aryl methyl sites for hydroxylation is 1. The maximum atomic E-state index is 13.7. The first-order valence-corrected chi connectivity index (χ1v) is 13.2. The number of rotatable bonds is 9. The van der Waals surface area contributed by atoms with Gasteiger partial charge in [-0.05, 0) is 84.5 Å². The Bertz CT molecular complexity index is 1700. The average Bonchev–Trinajstić information content (AvgIpc) is 3.20. The van der Waals surface area contributed by atoms with Gasteiger partial charge >= 0.3 is 5.97 Å². The van der Waals surface area contributed by atoms with Crippen LogP contribution in [-0.4, -0.2) is 27.0 Å². The Morgan fingerprint density at radius 1 is 0.950 bits per heavy atom. The predicted octanol–water partition coefficient (Wildman–Crippen LogP) is 7.53. The summed E-state index contributed by atoms with van der Waals surface area (Å²) in [5.41, 5.74) is 8.16. The number of carboxylic acids is 1. The third-order valence-electron chi connectivity index (χ3n) is 7.80. The predicted molar refractivity (Wildman–Crippen MR) is 156 cm³/mol. The Kier molecular flexibility index (Phi) is 7.52. The SMILES string of the molecule is Cc1c(C)n(Cc2ccc(-c3ccccc3C(=O)O)cc2)c2ccc(CN(C=O)C(C)c3cccc(F)c3)cc12. The number of carbonyl (C=O) groups excluding carboxylic acids is 1. The van der Waals surface area contributed by atoms with E-state index in [0.29, 0.717) is 18.7 Å². The molecule has 1 aromatic heterocycles. The number of nitrogens with zero attached hydrogens (tertiary/aromatic N) is 2. The minimum Gasteiger partial charge on any atom is -0.478 e. The van der Waals surface area contributed by atoms with Crippen molar-refractivity contribution in [3.63, 3.8) is 0 Å². The van der Waals surface area contributed by atoms with E-state index in [0.717, 1.165) is 45.3 Å². The topological polar surface area (TPSA) is 62.5 Å². The average molecular weight is 535 g/mol. The highest BCUT2D eigenvalue weighted by Crippen LogP contribution is 2.30. The van der Waals surface area contributed by atoms with Crippen LogP contribution in [-0.2, 0) is 17.9 Å². The van der Waals surface area contributed by atoms with Crippen molar-refractivity contribution in [3.05, 3.63) is 130 Å². The van der Waals surface area contributed by atoms with Crippen LogP contribution in [0.1, 0.15) is 51.3 Å². The zero-order valence-corrected chi connectivity index (χ0v) is 22.8. The van der Waals surface area contributed by atoms with Crippen molar-refractivity contribution in [2.24, 2.45) is 0 Å². The summed E-state index contributed by atoms with van der Waals surface area (Å²) in [5.74, 6) is -1.26. The summed E-state index contributed by atoms with van der Waals surface area (Å²) in [5, 5.41) is 10.7. The zero-order valence-electron chi connectivity index (χ0n) is 22.8. The number of halogens is 1. The minimum atomic E-state index is -0.941. The van der Waals surface area contributed by atoms with Crippen LogP contribution in [0.3, 0.4) is 0 Å². The van der Waals surface area contributed by atoms with Crippen LogP contribution >= 0.6 is 0 Å². The van der Waals surface area contributed by atoms with Crippen LogP contribution in [0.25, 0.3) is 22.0 Å². The lowest BCUT2D eigenvalue weighted by Gasteiger charge is -2.25. The van der Waals surface area contributed by atoms with Crippen LogP contribution in [0, 0.1) is 19.7 Å². The summed E-state index contributed by atoms with van der Waals surface area (Å²) in [4.78, 5) is 25.3. The molecule has 1 atom stereocenters. The third kappa shape index (κ3) is 5.25. The number of aromatic carboxylic acids is 1. The number of aromatic nitrogens is 1. The molecule has 5 rings (SSSR count). The molecule has 0 saturated heterocycles. The first-order valence-electron chi connectivity index (χ1n) is 13.2. The van der Waals surface area contributed by atoms with Gasteiger partial charge in [-0.3, -0.25) is 4.79 Å². The largest absolute Gasteiger partial charge is 0.478 e. The quantitative estimate of drug-likeness (QED) is 0.199. The first-order chi connectivity index (χ1) is 19.3. The summed E-state index contributed by atoms with van der Waals surface area (Å²) in [6.07, 6.45) is 0.821. The summed E-state index contributed by atoms with van der Waals surface area (Å²) in [7, 11) is 0. The van der Waals surface area contributed by atoms with E-state index in [1.165, 1.54) is 17.7 Å². The van der Waals surface area contributed by atoms with E-state index in [1.54, 1.807) is 23.1 Å². The molecule has 40 heavy (non-hydrogen) atoms. The molecule has 0 radical (unpaired) electrons. The Labute approximate surface area is 233 Å². The van der Waals surface area contributed by atoms with Gasteiger partial charge in [0, 0.05) is 29.7 Å². The Morgan fingerprint density at radius 3 is 2.38 bits per heavy atom. The molecule has 0 aliphatic rings.